The van der Waals surface area contributed by atoms with Crippen LogP contribution in [0.5, 0.6) is 0 Å². The molecule has 0 atom stereocenters. The minimum atomic E-state index is 0.716. The van der Waals surface area contributed by atoms with Crippen molar-refractivity contribution in [2.75, 3.05) is 0 Å². The van der Waals surface area contributed by atoms with E-state index in [1.807, 2.05) is 36.4 Å². The number of aromatic nitrogens is 2. The Bertz CT molecular complexity index is 1590. The molecule has 0 radical (unpaired) electrons. The fourth-order valence-corrected chi connectivity index (χ4v) is 4.69. The van der Waals surface area contributed by atoms with Crippen LogP contribution in [-0.4, -0.2) is 9.97 Å². The van der Waals surface area contributed by atoms with E-state index in [0.29, 0.717) is 5.82 Å². The van der Waals surface area contributed by atoms with Gasteiger partial charge in [0.2, 0.25) is 0 Å². The van der Waals surface area contributed by atoms with E-state index in [0.717, 1.165) is 43.7 Å². The van der Waals surface area contributed by atoms with Gasteiger partial charge in [-0.15, -0.1) is 0 Å². The van der Waals surface area contributed by atoms with Gasteiger partial charge in [0.15, 0.2) is 5.82 Å². The highest BCUT2D eigenvalue weighted by molar-refractivity contribution is 9.10. The molecule has 1 aromatic heterocycles. The molecule has 0 saturated heterocycles. The van der Waals surface area contributed by atoms with Gasteiger partial charge >= 0.3 is 0 Å². The molecule has 2 nitrogen and oxygen atoms in total. The first-order chi connectivity index (χ1) is 18.2. The van der Waals surface area contributed by atoms with Gasteiger partial charge in [0, 0.05) is 21.2 Å². The first-order valence-electron chi connectivity index (χ1n) is 12.2. The second-order valence-electron chi connectivity index (χ2n) is 8.86. The Kier molecular flexibility index (Phi) is 6.45. The summed E-state index contributed by atoms with van der Waals surface area (Å²) in [6, 6.07) is 48.2. The summed E-state index contributed by atoms with van der Waals surface area (Å²) in [6.45, 7) is 0. The maximum Gasteiger partial charge on any atom is 0.160 e. The van der Waals surface area contributed by atoms with Crippen LogP contribution >= 0.6 is 15.9 Å². The zero-order valence-corrected chi connectivity index (χ0v) is 21.6. The molecule has 0 fully saturated rings. The molecular formula is C34H23BrN2. The highest BCUT2D eigenvalue weighted by atomic mass is 79.9. The van der Waals surface area contributed by atoms with Crippen molar-refractivity contribution in [2.24, 2.45) is 0 Å². The highest BCUT2D eigenvalue weighted by Crippen LogP contribution is 2.31. The molecule has 0 aliphatic rings. The molecule has 0 aliphatic carbocycles. The van der Waals surface area contributed by atoms with E-state index in [1.54, 1.807) is 0 Å². The molecule has 0 N–H and O–H groups in total. The number of rotatable bonds is 5. The van der Waals surface area contributed by atoms with Crippen LogP contribution in [0.15, 0.2) is 144 Å². The molecule has 0 amide bonds. The molecule has 176 valence electrons. The van der Waals surface area contributed by atoms with Crippen molar-refractivity contribution in [1.29, 1.82) is 0 Å². The van der Waals surface area contributed by atoms with Crippen molar-refractivity contribution in [3.8, 4) is 56.2 Å². The predicted molar refractivity (Wildman–Crippen MR) is 157 cm³/mol. The molecule has 0 unspecified atom stereocenters. The Morgan fingerprint density at radius 2 is 0.784 bits per heavy atom. The van der Waals surface area contributed by atoms with Crippen molar-refractivity contribution in [3.05, 3.63) is 144 Å². The van der Waals surface area contributed by atoms with Crippen molar-refractivity contribution >= 4 is 15.9 Å². The van der Waals surface area contributed by atoms with Crippen molar-refractivity contribution < 1.29 is 0 Å². The average molecular weight is 539 g/mol. The summed E-state index contributed by atoms with van der Waals surface area (Å²) in [6.07, 6.45) is 0. The van der Waals surface area contributed by atoms with E-state index in [4.69, 9.17) is 9.97 Å². The van der Waals surface area contributed by atoms with E-state index in [9.17, 15) is 0 Å². The Morgan fingerprint density at radius 1 is 0.351 bits per heavy atom. The Labute approximate surface area is 225 Å². The maximum absolute atomic E-state index is 4.98. The number of nitrogens with zero attached hydrogens (tertiary/aromatic N) is 2. The van der Waals surface area contributed by atoms with Crippen LogP contribution in [-0.2, 0) is 0 Å². The number of hydrogen-bond donors (Lipinski definition) is 0. The molecule has 0 bridgehead atoms. The van der Waals surface area contributed by atoms with Gasteiger partial charge in [-0.3, -0.25) is 0 Å². The van der Waals surface area contributed by atoms with Gasteiger partial charge in [0.25, 0.3) is 0 Å². The van der Waals surface area contributed by atoms with Gasteiger partial charge in [0.1, 0.15) is 0 Å². The lowest BCUT2D eigenvalue weighted by Gasteiger charge is -2.11. The SMILES string of the molecule is Brc1ccc(-c2ccc(-c3cccc(-c4nc(-c5ccccc5)cc(-c5ccccc5)n4)c3)cc2)cc1. The standard InChI is InChI=1S/C34H23BrN2/c35-31-20-18-25(19-21-31)24-14-16-26(17-15-24)29-12-7-13-30(22-29)34-36-32(27-8-3-1-4-9-27)23-33(37-34)28-10-5-2-6-11-28/h1-23H. The number of halogens is 1. The quantitative estimate of drug-likeness (QED) is 0.218. The van der Waals surface area contributed by atoms with Crippen LogP contribution in [0.25, 0.3) is 56.2 Å². The van der Waals surface area contributed by atoms with Crippen molar-refractivity contribution in [3.63, 3.8) is 0 Å². The summed E-state index contributed by atoms with van der Waals surface area (Å²) in [5.41, 5.74) is 9.64. The average Bonchev–Trinajstić information content (AvgIpc) is 2.98. The molecule has 6 rings (SSSR count). The van der Waals surface area contributed by atoms with Crippen LogP contribution in [0.2, 0.25) is 0 Å². The summed E-state index contributed by atoms with van der Waals surface area (Å²) >= 11 is 3.51. The van der Waals surface area contributed by atoms with E-state index in [-0.39, 0.29) is 0 Å². The summed E-state index contributed by atoms with van der Waals surface area (Å²) < 4.78 is 1.08. The summed E-state index contributed by atoms with van der Waals surface area (Å²) in [5.74, 6) is 0.716. The fraction of sp³-hybridized carbons (Fsp3) is 0. The van der Waals surface area contributed by atoms with Crippen LogP contribution in [0.3, 0.4) is 0 Å². The van der Waals surface area contributed by atoms with Gasteiger partial charge in [-0.05, 0) is 46.5 Å². The van der Waals surface area contributed by atoms with Crippen LogP contribution < -0.4 is 0 Å². The van der Waals surface area contributed by atoms with Gasteiger partial charge in [-0.2, -0.15) is 0 Å². The summed E-state index contributed by atoms with van der Waals surface area (Å²) in [7, 11) is 0. The molecule has 5 aromatic carbocycles. The number of benzene rings is 5. The first-order valence-corrected chi connectivity index (χ1v) is 13.0. The zero-order chi connectivity index (χ0) is 25.0. The number of hydrogen-bond acceptors (Lipinski definition) is 2. The topological polar surface area (TPSA) is 25.8 Å². The van der Waals surface area contributed by atoms with Crippen molar-refractivity contribution in [1.82, 2.24) is 9.97 Å². The normalized spacial score (nSPS) is 10.8. The largest absolute Gasteiger partial charge is 0.228 e. The van der Waals surface area contributed by atoms with Crippen molar-refractivity contribution in [2.45, 2.75) is 0 Å². The lowest BCUT2D eigenvalue weighted by Crippen LogP contribution is -1.96. The monoisotopic (exact) mass is 538 g/mol. The van der Waals surface area contributed by atoms with Gasteiger partial charge in [-0.1, -0.05) is 131 Å². The van der Waals surface area contributed by atoms with Crippen LogP contribution in [0.1, 0.15) is 0 Å². The molecule has 6 aromatic rings. The smallest absolute Gasteiger partial charge is 0.160 e. The Balaban J connectivity index is 1.39. The fourth-order valence-electron chi connectivity index (χ4n) is 4.43. The molecule has 37 heavy (non-hydrogen) atoms. The van der Waals surface area contributed by atoms with E-state index in [1.165, 1.54) is 11.1 Å². The lowest BCUT2D eigenvalue weighted by atomic mass is 9.99. The minimum absolute atomic E-state index is 0.716. The van der Waals surface area contributed by atoms with Gasteiger partial charge < -0.3 is 0 Å². The minimum Gasteiger partial charge on any atom is -0.228 e. The third-order valence-electron chi connectivity index (χ3n) is 6.38. The van der Waals surface area contributed by atoms with E-state index in [2.05, 4.69) is 119 Å². The lowest BCUT2D eigenvalue weighted by molar-refractivity contribution is 1.18. The van der Waals surface area contributed by atoms with Crippen LogP contribution in [0.4, 0.5) is 0 Å². The molecule has 0 saturated carbocycles. The summed E-state index contributed by atoms with van der Waals surface area (Å²) in [5, 5.41) is 0. The Morgan fingerprint density at radius 3 is 1.32 bits per heavy atom. The van der Waals surface area contributed by atoms with Crippen LogP contribution in [0, 0.1) is 0 Å². The molecule has 0 aliphatic heterocycles. The van der Waals surface area contributed by atoms with Gasteiger partial charge in [-0.25, -0.2) is 9.97 Å². The summed E-state index contributed by atoms with van der Waals surface area (Å²) in [4.78, 5) is 9.96. The second kappa shape index (κ2) is 10.3. The Hall–Kier alpha value is -4.34. The third-order valence-corrected chi connectivity index (χ3v) is 6.91. The zero-order valence-electron chi connectivity index (χ0n) is 20.1. The predicted octanol–water partition coefficient (Wildman–Crippen LogP) is 9.57. The molecule has 0 spiro atoms. The molecular weight excluding hydrogens is 516 g/mol. The highest BCUT2D eigenvalue weighted by Gasteiger charge is 2.11. The third kappa shape index (κ3) is 5.13. The van der Waals surface area contributed by atoms with Gasteiger partial charge in [0.05, 0.1) is 11.4 Å². The molecule has 1 heterocycles. The van der Waals surface area contributed by atoms with E-state index >= 15 is 0 Å². The van der Waals surface area contributed by atoms with E-state index < -0.39 is 0 Å². The molecule has 3 heteroatoms. The maximum atomic E-state index is 4.98. The second-order valence-corrected chi connectivity index (χ2v) is 9.77. The first kappa shape index (κ1) is 23.1.